The van der Waals surface area contributed by atoms with Crippen LogP contribution < -0.4 is 10.6 Å². The molecule has 0 aliphatic heterocycles. The second-order valence-corrected chi connectivity index (χ2v) is 9.82. The van der Waals surface area contributed by atoms with E-state index in [2.05, 4.69) is 31.4 Å². The summed E-state index contributed by atoms with van der Waals surface area (Å²) < 4.78 is 0. The molecule has 0 radical (unpaired) electrons. The van der Waals surface area contributed by atoms with E-state index >= 15 is 0 Å². The zero-order valence-corrected chi connectivity index (χ0v) is 17.9. The van der Waals surface area contributed by atoms with Gasteiger partial charge in [0.2, 0.25) is 0 Å². The molecule has 5 unspecified atom stereocenters. The average molecular weight is 363 g/mol. The van der Waals surface area contributed by atoms with Crippen molar-refractivity contribution in [3.8, 4) is 0 Å². The number of hydrogen-bond acceptors (Lipinski definition) is 2. The minimum atomic E-state index is 0.727. The van der Waals surface area contributed by atoms with Crippen molar-refractivity contribution >= 4 is 0 Å². The van der Waals surface area contributed by atoms with Crippen molar-refractivity contribution in [2.24, 2.45) is 17.8 Å². The van der Waals surface area contributed by atoms with Crippen molar-refractivity contribution in [1.29, 1.82) is 0 Å². The second-order valence-electron chi connectivity index (χ2n) is 9.82. The highest BCUT2D eigenvalue weighted by Gasteiger charge is 2.34. The fraction of sp³-hybridized carbons (Fsp3) is 1.00. The minimum absolute atomic E-state index is 0.727. The van der Waals surface area contributed by atoms with Gasteiger partial charge < -0.3 is 10.6 Å². The molecule has 3 aliphatic carbocycles. The molecule has 0 aromatic carbocycles. The lowest BCUT2D eigenvalue weighted by atomic mass is 9.75. The first kappa shape index (κ1) is 20.6. The van der Waals surface area contributed by atoms with Crippen molar-refractivity contribution in [3.05, 3.63) is 0 Å². The number of hydrogen-bond donors (Lipinski definition) is 2. The van der Waals surface area contributed by atoms with Gasteiger partial charge in [0.05, 0.1) is 0 Å². The Bertz CT molecular complexity index is 388. The highest BCUT2D eigenvalue weighted by molar-refractivity contribution is 4.94. The molecule has 0 spiro atoms. The third kappa shape index (κ3) is 5.47. The van der Waals surface area contributed by atoms with Gasteiger partial charge in [0.25, 0.3) is 0 Å². The molecule has 152 valence electrons. The maximum atomic E-state index is 4.20. The molecule has 0 aromatic heterocycles. The monoisotopic (exact) mass is 362 g/mol. The second kappa shape index (κ2) is 10.5. The van der Waals surface area contributed by atoms with Crippen LogP contribution in [0.2, 0.25) is 0 Å². The van der Waals surface area contributed by atoms with Gasteiger partial charge in [-0.15, -0.1) is 0 Å². The van der Waals surface area contributed by atoms with Crippen LogP contribution in [0, 0.1) is 17.8 Å². The molecule has 0 bridgehead atoms. The lowest BCUT2D eigenvalue weighted by molar-refractivity contribution is 0.151. The third-order valence-corrected chi connectivity index (χ3v) is 8.26. The first-order chi connectivity index (χ1) is 12.7. The molecule has 3 fully saturated rings. The predicted octanol–water partition coefficient (Wildman–Crippen LogP) is 6.05. The van der Waals surface area contributed by atoms with Gasteiger partial charge in [0.15, 0.2) is 0 Å². The molecule has 0 amide bonds. The Balaban J connectivity index is 1.52. The first-order valence-electron chi connectivity index (χ1n) is 12.2. The van der Waals surface area contributed by atoms with Gasteiger partial charge in [0.1, 0.15) is 0 Å². The molecule has 2 heteroatoms. The number of rotatable bonds is 7. The minimum Gasteiger partial charge on any atom is -0.310 e. The number of nitrogens with one attached hydrogen (secondary N) is 2. The zero-order valence-electron chi connectivity index (χ0n) is 17.9. The van der Waals surface area contributed by atoms with Gasteiger partial charge in [-0.1, -0.05) is 52.9 Å². The predicted molar refractivity (Wildman–Crippen MR) is 114 cm³/mol. The maximum absolute atomic E-state index is 4.20. The summed E-state index contributed by atoms with van der Waals surface area (Å²) in [5, 5.41) is 8.33. The Labute approximate surface area is 163 Å². The molecule has 3 rings (SSSR count). The van der Waals surface area contributed by atoms with Crippen LogP contribution in [0.1, 0.15) is 111 Å². The summed E-state index contributed by atoms with van der Waals surface area (Å²) in [7, 11) is 0. The van der Waals surface area contributed by atoms with Gasteiger partial charge in [0, 0.05) is 24.2 Å². The Hall–Kier alpha value is -0.0800. The van der Waals surface area contributed by atoms with Crippen LogP contribution in [0.4, 0.5) is 0 Å². The average Bonchev–Trinajstić information content (AvgIpc) is 2.70. The van der Waals surface area contributed by atoms with E-state index in [9.17, 15) is 0 Å². The van der Waals surface area contributed by atoms with Gasteiger partial charge in [-0.05, 0) is 75.5 Å². The first-order valence-corrected chi connectivity index (χ1v) is 12.2. The van der Waals surface area contributed by atoms with E-state index in [-0.39, 0.29) is 0 Å². The molecule has 2 N–H and O–H groups in total. The van der Waals surface area contributed by atoms with E-state index in [4.69, 9.17) is 0 Å². The Kier molecular flexibility index (Phi) is 8.31. The summed E-state index contributed by atoms with van der Waals surface area (Å²) in [6, 6.07) is 3.03. The van der Waals surface area contributed by atoms with Gasteiger partial charge in [-0.3, -0.25) is 0 Å². The van der Waals surface area contributed by atoms with E-state index in [1.54, 1.807) is 0 Å². The molecule has 26 heavy (non-hydrogen) atoms. The van der Waals surface area contributed by atoms with Crippen molar-refractivity contribution in [3.63, 3.8) is 0 Å². The largest absolute Gasteiger partial charge is 0.310 e. The van der Waals surface area contributed by atoms with E-state index in [0.29, 0.717) is 0 Å². The summed E-state index contributed by atoms with van der Waals surface area (Å²) >= 11 is 0. The molecular weight excluding hydrogens is 316 g/mol. The smallest absolute Gasteiger partial charge is 0.0223 e. The lowest BCUT2D eigenvalue weighted by Gasteiger charge is -2.43. The van der Waals surface area contributed by atoms with E-state index in [1.807, 2.05) is 0 Å². The van der Waals surface area contributed by atoms with Gasteiger partial charge in [-0.2, -0.15) is 0 Å². The standard InChI is InChI=1S/C24H46N2/c1-4-18-11-14-21(15-12-18)25-23-9-7-8-10-24(23)26-22-16-13-19(5-2)17-20(22)6-3/h18-26H,4-17H2,1-3H3. The van der Waals surface area contributed by atoms with Crippen LogP contribution in [-0.4, -0.2) is 24.2 Å². The van der Waals surface area contributed by atoms with Crippen molar-refractivity contribution < 1.29 is 0 Å². The molecule has 3 saturated carbocycles. The van der Waals surface area contributed by atoms with Crippen LogP contribution in [0.25, 0.3) is 0 Å². The van der Waals surface area contributed by atoms with E-state index in [1.165, 1.54) is 89.9 Å². The quantitative estimate of drug-likeness (QED) is 0.576. The maximum Gasteiger partial charge on any atom is 0.0223 e. The van der Waals surface area contributed by atoms with E-state index < -0.39 is 0 Å². The molecule has 0 saturated heterocycles. The summed E-state index contributed by atoms with van der Waals surface area (Å²) in [6.45, 7) is 7.18. The molecule has 5 atom stereocenters. The van der Waals surface area contributed by atoms with Crippen LogP contribution in [0.3, 0.4) is 0 Å². The summed E-state index contributed by atoms with van der Waals surface area (Å²) in [5.74, 6) is 2.91. The van der Waals surface area contributed by atoms with Crippen LogP contribution in [-0.2, 0) is 0 Å². The molecule has 0 heterocycles. The Morgan fingerprint density at radius 3 is 1.81 bits per heavy atom. The van der Waals surface area contributed by atoms with Gasteiger partial charge >= 0.3 is 0 Å². The Morgan fingerprint density at radius 2 is 1.19 bits per heavy atom. The van der Waals surface area contributed by atoms with Crippen molar-refractivity contribution in [2.45, 2.75) is 135 Å². The molecule has 2 nitrogen and oxygen atoms in total. The highest BCUT2D eigenvalue weighted by Crippen LogP contribution is 2.34. The van der Waals surface area contributed by atoms with Crippen molar-refractivity contribution in [2.75, 3.05) is 0 Å². The van der Waals surface area contributed by atoms with Crippen molar-refractivity contribution in [1.82, 2.24) is 10.6 Å². The lowest BCUT2D eigenvalue weighted by Crippen LogP contribution is -2.57. The van der Waals surface area contributed by atoms with Crippen LogP contribution in [0.15, 0.2) is 0 Å². The molecule has 3 aliphatic rings. The third-order valence-electron chi connectivity index (χ3n) is 8.26. The topological polar surface area (TPSA) is 24.1 Å². The van der Waals surface area contributed by atoms with Crippen LogP contribution >= 0.6 is 0 Å². The summed E-state index contributed by atoms with van der Waals surface area (Å²) in [4.78, 5) is 0. The summed E-state index contributed by atoms with van der Waals surface area (Å²) in [6.07, 6.45) is 19.9. The Morgan fingerprint density at radius 1 is 0.577 bits per heavy atom. The zero-order chi connectivity index (χ0) is 18.4. The highest BCUT2D eigenvalue weighted by atomic mass is 15.1. The fourth-order valence-corrected chi connectivity index (χ4v) is 6.25. The van der Waals surface area contributed by atoms with E-state index in [0.717, 1.165) is 41.9 Å². The van der Waals surface area contributed by atoms with Gasteiger partial charge in [-0.25, -0.2) is 0 Å². The molecule has 0 aromatic rings. The molecular formula is C24H46N2. The SMILES string of the molecule is CCC1CCC(NC2CCCCC2NC2CCC(CC)CC2CC)CC1. The normalized spacial score (nSPS) is 41.9. The summed E-state index contributed by atoms with van der Waals surface area (Å²) in [5.41, 5.74) is 0. The van der Waals surface area contributed by atoms with Crippen LogP contribution in [0.5, 0.6) is 0 Å². The fourth-order valence-electron chi connectivity index (χ4n) is 6.25.